The molecule has 0 saturated carbocycles. The number of hydrogen-bond donors (Lipinski definition) is 1. The van der Waals surface area contributed by atoms with E-state index in [1.54, 1.807) is 6.07 Å². The molecular formula is C24H32FN3O4S. The maximum absolute atomic E-state index is 14.2. The summed E-state index contributed by atoms with van der Waals surface area (Å²) >= 11 is 0. The Balaban J connectivity index is 2.20. The highest BCUT2D eigenvalue weighted by molar-refractivity contribution is 7.92. The van der Waals surface area contributed by atoms with E-state index in [2.05, 4.69) is 5.32 Å². The van der Waals surface area contributed by atoms with Crippen LogP contribution in [-0.2, 0) is 26.2 Å². The number of benzene rings is 2. The van der Waals surface area contributed by atoms with E-state index in [9.17, 15) is 22.4 Å². The fourth-order valence-electron chi connectivity index (χ4n) is 3.73. The predicted molar refractivity (Wildman–Crippen MR) is 128 cm³/mol. The Morgan fingerprint density at radius 2 is 1.82 bits per heavy atom. The number of rotatable bonds is 11. The lowest BCUT2D eigenvalue weighted by molar-refractivity contribution is -0.141. The number of nitrogens with one attached hydrogen (secondary N) is 1. The molecule has 2 aromatic rings. The second-order valence-electron chi connectivity index (χ2n) is 7.94. The van der Waals surface area contributed by atoms with Crippen molar-refractivity contribution in [1.29, 1.82) is 0 Å². The van der Waals surface area contributed by atoms with Crippen LogP contribution < -0.4 is 9.62 Å². The maximum atomic E-state index is 14.2. The molecule has 0 heterocycles. The van der Waals surface area contributed by atoms with Gasteiger partial charge in [-0.3, -0.25) is 13.9 Å². The van der Waals surface area contributed by atoms with Gasteiger partial charge in [-0.15, -0.1) is 0 Å². The predicted octanol–water partition coefficient (Wildman–Crippen LogP) is 3.23. The summed E-state index contributed by atoms with van der Waals surface area (Å²) in [6.07, 6.45) is 1.63. The fraction of sp³-hybridized carbons (Fsp3) is 0.417. The van der Waals surface area contributed by atoms with Gasteiger partial charge in [0.25, 0.3) is 0 Å². The molecule has 0 aliphatic carbocycles. The molecule has 1 N–H and O–H groups in total. The third kappa shape index (κ3) is 7.28. The molecular weight excluding hydrogens is 445 g/mol. The zero-order valence-electron chi connectivity index (χ0n) is 19.5. The molecule has 0 saturated heterocycles. The topological polar surface area (TPSA) is 86.8 Å². The van der Waals surface area contributed by atoms with E-state index < -0.39 is 21.9 Å². The summed E-state index contributed by atoms with van der Waals surface area (Å²) < 4.78 is 39.7. The van der Waals surface area contributed by atoms with Crippen LogP contribution in [0.5, 0.6) is 0 Å². The number of carbonyl (C=O) groups excluding carboxylic acids is 2. The highest BCUT2D eigenvalue weighted by Crippen LogP contribution is 2.22. The molecule has 2 rings (SSSR count). The highest BCUT2D eigenvalue weighted by Gasteiger charge is 2.28. The summed E-state index contributed by atoms with van der Waals surface area (Å²) in [4.78, 5) is 27.2. The van der Waals surface area contributed by atoms with Crippen LogP contribution in [0.1, 0.15) is 37.3 Å². The van der Waals surface area contributed by atoms with E-state index in [-0.39, 0.29) is 43.4 Å². The molecule has 0 fully saturated rings. The van der Waals surface area contributed by atoms with Crippen molar-refractivity contribution in [2.75, 3.05) is 24.2 Å². The van der Waals surface area contributed by atoms with Crippen LogP contribution in [0.2, 0.25) is 0 Å². The normalized spacial score (nSPS) is 12.2. The van der Waals surface area contributed by atoms with Gasteiger partial charge in [-0.1, -0.05) is 48.9 Å². The van der Waals surface area contributed by atoms with Crippen LogP contribution in [0, 0.1) is 12.7 Å². The number of likely N-dealkylation sites (N-methyl/N-ethyl adjacent to an activating group) is 1. The van der Waals surface area contributed by atoms with Crippen LogP contribution >= 0.6 is 0 Å². The molecule has 0 spiro atoms. The van der Waals surface area contributed by atoms with Gasteiger partial charge in [-0.25, -0.2) is 12.8 Å². The Bertz CT molecular complexity index is 1070. The first-order chi connectivity index (χ1) is 15.6. The van der Waals surface area contributed by atoms with E-state index in [0.29, 0.717) is 6.42 Å². The molecule has 0 aromatic heterocycles. The van der Waals surface area contributed by atoms with Crippen molar-refractivity contribution in [1.82, 2.24) is 10.2 Å². The van der Waals surface area contributed by atoms with Gasteiger partial charge in [0.05, 0.1) is 11.9 Å². The summed E-state index contributed by atoms with van der Waals surface area (Å²) in [5.74, 6) is -1.18. The largest absolute Gasteiger partial charge is 0.357 e. The molecule has 33 heavy (non-hydrogen) atoms. The zero-order valence-corrected chi connectivity index (χ0v) is 20.4. The number of anilines is 1. The van der Waals surface area contributed by atoms with Gasteiger partial charge in [-0.2, -0.15) is 0 Å². The van der Waals surface area contributed by atoms with Gasteiger partial charge in [0.2, 0.25) is 21.8 Å². The van der Waals surface area contributed by atoms with Crippen LogP contribution in [0.3, 0.4) is 0 Å². The van der Waals surface area contributed by atoms with Crippen LogP contribution in [0.15, 0.2) is 48.5 Å². The molecule has 2 aromatic carbocycles. The molecule has 7 nitrogen and oxygen atoms in total. The maximum Gasteiger partial charge on any atom is 0.242 e. The summed E-state index contributed by atoms with van der Waals surface area (Å²) in [7, 11) is -2.22. The second-order valence-corrected chi connectivity index (χ2v) is 9.85. The van der Waals surface area contributed by atoms with Crippen LogP contribution in [0.25, 0.3) is 0 Å². The van der Waals surface area contributed by atoms with Crippen molar-refractivity contribution in [3.05, 3.63) is 65.5 Å². The first-order valence-electron chi connectivity index (χ1n) is 10.9. The summed E-state index contributed by atoms with van der Waals surface area (Å²) in [6, 6.07) is 12.7. The molecule has 0 radical (unpaired) electrons. The number of hydrogen-bond acceptors (Lipinski definition) is 4. The number of nitrogens with zero attached hydrogens (tertiary/aromatic N) is 2. The van der Waals surface area contributed by atoms with Gasteiger partial charge in [-0.05, 0) is 37.5 Å². The Morgan fingerprint density at radius 1 is 1.12 bits per heavy atom. The van der Waals surface area contributed by atoms with Gasteiger partial charge < -0.3 is 10.2 Å². The standard InChI is InChI=1S/C24H32FN3O4S/c1-5-21(24(30)26-3)27(17-19-11-8-10-18(2)16-19)23(29)14-9-15-28(33(4,31)32)22-13-7-6-12-20(22)25/h6-8,10-13,16,21H,5,9,14-15,17H2,1-4H3,(H,26,30). The lowest BCUT2D eigenvalue weighted by Gasteiger charge is -2.31. The Labute approximate surface area is 195 Å². The lowest BCUT2D eigenvalue weighted by atomic mass is 10.1. The highest BCUT2D eigenvalue weighted by atomic mass is 32.2. The van der Waals surface area contributed by atoms with Crippen molar-refractivity contribution in [3.8, 4) is 0 Å². The minimum atomic E-state index is -3.75. The van der Waals surface area contributed by atoms with Crippen LogP contribution in [0.4, 0.5) is 10.1 Å². The van der Waals surface area contributed by atoms with Crippen molar-refractivity contribution in [2.24, 2.45) is 0 Å². The smallest absolute Gasteiger partial charge is 0.242 e. The minimum absolute atomic E-state index is 0.0137. The average Bonchev–Trinajstić information content (AvgIpc) is 2.76. The minimum Gasteiger partial charge on any atom is -0.357 e. The molecule has 180 valence electrons. The molecule has 0 aliphatic heterocycles. The molecule has 0 aliphatic rings. The van der Waals surface area contributed by atoms with Gasteiger partial charge >= 0.3 is 0 Å². The van der Waals surface area contributed by atoms with E-state index in [0.717, 1.165) is 21.7 Å². The lowest BCUT2D eigenvalue weighted by Crippen LogP contribution is -2.48. The molecule has 0 bridgehead atoms. The Morgan fingerprint density at radius 3 is 2.39 bits per heavy atom. The number of para-hydroxylation sites is 1. The van der Waals surface area contributed by atoms with E-state index in [1.165, 1.54) is 30.1 Å². The van der Waals surface area contributed by atoms with Crippen LogP contribution in [-0.4, -0.2) is 51.0 Å². The molecule has 1 unspecified atom stereocenters. The fourth-order valence-corrected chi connectivity index (χ4v) is 4.70. The average molecular weight is 478 g/mol. The summed E-state index contributed by atoms with van der Waals surface area (Å²) in [5.41, 5.74) is 1.89. The van der Waals surface area contributed by atoms with Crippen molar-refractivity contribution < 1.29 is 22.4 Å². The number of aryl methyl sites for hydroxylation is 1. The number of carbonyl (C=O) groups is 2. The number of sulfonamides is 1. The number of halogens is 1. The SMILES string of the molecule is CCC(C(=O)NC)N(Cc1cccc(C)c1)C(=O)CCCN(c1ccccc1F)S(C)(=O)=O. The Kier molecular flexibility index (Phi) is 9.40. The molecule has 2 amide bonds. The Hall–Kier alpha value is -2.94. The van der Waals surface area contributed by atoms with Crippen molar-refractivity contribution in [2.45, 2.75) is 45.7 Å². The third-order valence-corrected chi connectivity index (χ3v) is 6.52. The second kappa shape index (κ2) is 11.8. The molecule has 1 atom stereocenters. The quantitative estimate of drug-likeness (QED) is 0.538. The van der Waals surface area contributed by atoms with E-state index >= 15 is 0 Å². The monoisotopic (exact) mass is 477 g/mol. The molecule has 9 heteroatoms. The summed E-state index contributed by atoms with van der Waals surface area (Å²) in [5, 5.41) is 2.61. The van der Waals surface area contributed by atoms with Gasteiger partial charge in [0.15, 0.2) is 0 Å². The number of amides is 2. The first-order valence-corrected chi connectivity index (χ1v) is 12.7. The third-order valence-electron chi connectivity index (χ3n) is 5.34. The van der Waals surface area contributed by atoms with Crippen molar-refractivity contribution >= 4 is 27.5 Å². The van der Waals surface area contributed by atoms with Gasteiger partial charge in [0, 0.05) is 26.6 Å². The zero-order chi connectivity index (χ0) is 24.6. The summed E-state index contributed by atoms with van der Waals surface area (Å²) in [6.45, 7) is 3.99. The van der Waals surface area contributed by atoms with E-state index in [4.69, 9.17) is 0 Å². The first kappa shape index (κ1) is 26.3. The van der Waals surface area contributed by atoms with Gasteiger partial charge in [0.1, 0.15) is 11.9 Å². The van der Waals surface area contributed by atoms with E-state index in [1.807, 2.05) is 38.1 Å². The van der Waals surface area contributed by atoms with Crippen molar-refractivity contribution in [3.63, 3.8) is 0 Å².